The fourth-order valence-electron chi connectivity index (χ4n) is 4.27. The molecule has 2 aromatic carbocycles. The Morgan fingerprint density at radius 2 is 1.86 bits per heavy atom. The van der Waals surface area contributed by atoms with Crippen LogP contribution < -0.4 is 4.31 Å². The number of aryl methyl sites for hydroxylation is 2. The van der Waals surface area contributed by atoms with Crippen molar-refractivity contribution in [2.75, 3.05) is 17.1 Å². The smallest absolute Gasteiger partial charge is 0.307 e. The first kappa shape index (κ1) is 19.8. The van der Waals surface area contributed by atoms with Crippen LogP contribution in [0.15, 0.2) is 30.3 Å². The first-order chi connectivity index (χ1) is 13.6. The van der Waals surface area contributed by atoms with E-state index in [9.17, 15) is 18.3 Å². The molecule has 1 aliphatic heterocycles. The Hall–Kier alpha value is -2.51. The van der Waals surface area contributed by atoms with Gasteiger partial charge in [0.25, 0.3) is 0 Å². The molecule has 0 aliphatic carbocycles. The quantitative estimate of drug-likeness (QED) is 0.678. The molecule has 0 amide bonds. The SMILES string of the molecule is Cc1c(CC(=O)O)c(-c2ccc(Cl)cc2)c2cc(C)n3c2c1N(C)S(=O)(=O)CC3. The van der Waals surface area contributed by atoms with Crippen molar-refractivity contribution in [3.8, 4) is 11.1 Å². The van der Waals surface area contributed by atoms with E-state index in [1.807, 2.05) is 29.7 Å². The molecule has 1 aliphatic rings. The second-order valence-corrected chi connectivity index (χ2v) is 9.94. The third kappa shape index (κ3) is 3.09. The molecule has 152 valence electrons. The van der Waals surface area contributed by atoms with E-state index in [0.717, 1.165) is 27.7 Å². The van der Waals surface area contributed by atoms with E-state index in [4.69, 9.17) is 11.6 Å². The number of rotatable bonds is 3. The number of sulfonamides is 1. The van der Waals surface area contributed by atoms with Crippen molar-refractivity contribution in [1.29, 1.82) is 0 Å². The van der Waals surface area contributed by atoms with Gasteiger partial charge in [0.15, 0.2) is 0 Å². The second-order valence-electron chi connectivity index (χ2n) is 7.39. The van der Waals surface area contributed by atoms with Crippen molar-refractivity contribution < 1.29 is 18.3 Å². The lowest BCUT2D eigenvalue weighted by Crippen LogP contribution is -2.29. The number of anilines is 1. The molecule has 1 N–H and O–H groups in total. The van der Waals surface area contributed by atoms with Crippen molar-refractivity contribution in [2.45, 2.75) is 26.8 Å². The van der Waals surface area contributed by atoms with E-state index < -0.39 is 16.0 Å². The Bertz CT molecular complexity index is 1260. The molecule has 1 aromatic heterocycles. The summed E-state index contributed by atoms with van der Waals surface area (Å²) in [4.78, 5) is 11.7. The number of hydrogen-bond acceptors (Lipinski definition) is 3. The van der Waals surface area contributed by atoms with Crippen LogP contribution in [0.5, 0.6) is 0 Å². The van der Waals surface area contributed by atoms with Gasteiger partial charge < -0.3 is 9.67 Å². The lowest BCUT2D eigenvalue weighted by atomic mass is 9.89. The predicted octanol–water partition coefficient (Wildman–Crippen LogP) is 3.99. The molecule has 0 bridgehead atoms. The van der Waals surface area contributed by atoms with Gasteiger partial charge in [0.1, 0.15) is 0 Å². The molecule has 0 radical (unpaired) electrons. The van der Waals surface area contributed by atoms with Gasteiger partial charge >= 0.3 is 5.97 Å². The van der Waals surface area contributed by atoms with Gasteiger partial charge in [-0.05, 0) is 54.3 Å². The van der Waals surface area contributed by atoms with Crippen molar-refractivity contribution in [1.82, 2.24) is 4.57 Å². The Balaban J connectivity index is 2.20. The summed E-state index contributed by atoms with van der Waals surface area (Å²) >= 11 is 6.06. The van der Waals surface area contributed by atoms with Gasteiger partial charge in [-0.1, -0.05) is 23.7 Å². The van der Waals surface area contributed by atoms with E-state index in [2.05, 4.69) is 0 Å². The van der Waals surface area contributed by atoms with Crippen LogP contribution in [0.3, 0.4) is 0 Å². The Morgan fingerprint density at radius 1 is 1.21 bits per heavy atom. The summed E-state index contributed by atoms with van der Waals surface area (Å²) in [5, 5.41) is 11.0. The Labute approximate surface area is 174 Å². The van der Waals surface area contributed by atoms with E-state index in [1.54, 1.807) is 26.1 Å². The van der Waals surface area contributed by atoms with Crippen molar-refractivity contribution >= 4 is 44.2 Å². The molecule has 0 fully saturated rings. The van der Waals surface area contributed by atoms with E-state index >= 15 is 0 Å². The Morgan fingerprint density at radius 3 is 2.48 bits per heavy atom. The largest absolute Gasteiger partial charge is 0.481 e. The first-order valence-electron chi connectivity index (χ1n) is 9.21. The summed E-state index contributed by atoms with van der Waals surface area (Å²) < 4.78 is 28.9. The van der Waals surface area contributed by atoms with Gasteiger partial charge in [0, 0.05) is 29.7 Å². The predicted molar refractivity (Wildman–Crippen MR) is 115 cm³/mol. The molecular formula is C21H21ClN2O4S. The van der Waals surface area contributed by atoms with Crippen LogP contribution in [0.2, 0.25) is 5.02 Å². The maximum atomic E-state index is 12.8. The topological polar surface area (TPSA) is 79.6 Å². The van der Waals surface area contributed by atoms with Gasteiger partial charge in [-0.15, -0.1) is 0 Å². The summed E-state index contributed by atoms with van der Waals surface area (Å²) in [6.45, 7) is 4.10. The van der Waals surface area contributed by atoms with Gasteiger partial charge in [-0.2, -0.15) is 0 Å². The van der Waals surface area contributed by atoms with Crippen molar-refractivity contribution in [2.24, 2.45) is 0 Å². The monoisotopic (exact) mass is 432 g/mol. The molecule has 0 saturated carbocycles. The zero-order valence-corrected chi connectivity index (χ0v) is 17.9. The van der Waals surface area contributed by atoms with Gasteiger partial charge in [-0.25, -0.2) is 8.42 Å². The third-order valence-electron chi connectivity index (χ3n) is 5.67. The summed E-state index contributed by atoms with van der Waals surface area (Å²) in [5.74, 6) is -0.975. The number of aromatic nitrogens is 1. The highest BCUT2D eigenvalue weighted by molar-refractivity contribution is 7.92. The summed E-state index contributed by atoms with van der Waals surface area (Å²) in [5.41, 5.74) is 5.26. The summed E-state index contributed by atoms with van der Waals surface area (Å²) in [6.07, 6.45) is -0.204. The summed E-state index contributed by atoms with van der Waals surface area (Å²) in [6, 6.07) is 9.30. The highest BCUT2D eigenvalue weighted by atomic mass is 35.5. The standard InChI is InChI=1S/C21H21ClN2O4S/c1-12-10-17-19(14-4-6-15(22)7-5-14)16(11-18(25)26)13(2)20-21(17)24(12)8-9-29(27,28)23(20)3/h4-7,10H,8-9,11H2,1-3H3,(H,25,26). The fraction of sp³-hybridized carbons (Fsp3) is 0.286. The molecule has 29 heavy (non-hydrogen) atoms. The maximum absolute atomic E-state index is 12.8. The molecular weight excluding hydrogens is 412 g/mol. The molecule has 4 rings (SSSR count). The van der Waals surface area contributed by atoms with E-state index in [0.29, 0.717) is 28.4 Å². The van der Waals surface area contributed by atoms with Crippen molar-refractivity contribution in [3.05, 3.63) is 52.2 Å². The minimum absolute atomic E-state index is 0.00716. The number of aliphatic carboxylic acids is 1. The molecule has 0 unspecified atom stereocenters. The molecule has 0 spiro atoms. The lowest BCUT2D eigenvalue weighted by Gasteiger charge is -2.24. The number of nitrogens with zero attached hydrogens (tertiary/aromatic N) is 2. The van der Waals surface area contributed by atoms with Crippen LogP contribution in [0.1, 0.15) is 16.8 Å². The third-order valence-corrected chi connectivity index (χ3v) is 7.64. The number of benzene rings is 2. The number of carboxylic acids is 1. The highest BCUT2D eigenvalue weighted by Crippen LogP contribution is 2.44. The molecule has 3 aromatic rings. The average Bonchev–Trinajstić information content (AvgIpc) is 2.91. The van der Waals surface area contributed by atoms with Crippen LogP contribution in [0, 0.1) is 13.8 Å². The fourth-order valence-corrected chi connectivity index (χ4v) is 5.58. The van der Waals surface area contributed by atoms with E-state index in [-0.39, 0.29) is 12.2 Å². The lowest BCUT2D eigenvalue weighted by molar-refractivity contribution is -0.136. The normalized spacial score (nSPS) is 15.5. The van der Waals surface area contributed by atoms with Crippen LogP contribution in [-0.2, 0) is 27.8 Å². The Kier molecular flexibility index (Phi) is 4.63. The van der Waals surface area contributed by atoms with Gasteiger partial charge in [0.05, 0.1) is 23.4 Å². The molecule has 0 saturated heterocycles. The molecule has 8 heteroatoms. The molecule has 0 atom stereocenters. The number of carboxylic acid groups (broad SMARTS) is 1. The van der Waals surface area contributed by atoms with Gasteiger partial charge in [-0.3, -0.25) is 9.10 Å². The van der Waals surface area contributed by atoms with Crippen LogP contribution in [0.4, 0.5) is 5.69 Å². The van der Waals surface area contributed by atoms with E-state index in [1.165, 1.54) is 4.31 Å². The minimum Gasteiger partial charge on any atom is -0.481 e. The first-order valence-corrected chi connectivity index (χ1v) is 11.2. The highest BCUT2D eigenvalue weighted by Gasteiger charge is 2.31. The maximum Gasteiger partial charge on any atom is 0.307 e. The number of hydrogen-bond donors (Lipinski definition) is 1. The van der Waals surface area contributed by atoms with Crippen LogP contribution in [-0.4, -0.2) is 36.9 Å². The molecule has 2 heterocycles. The van der Waals surface area contributed by atoms with Crippen LogP contribution >= 0.6 is 11.6 Å². The molecule has 6 nitrogen and oxygen atoms in total. The number of halogens is 1. The zero-order chi connectivity index (χ0) is 21.1. The number of carbonyl (C=O) groups is 1. The minimum atomic E-state index is -3.50. The van der Waals surface area contributed by atoms with Gasteiger partial charge in [0.2, 0.25) is 10.0 Å². The summed E-state index contributed by atoms with van der Waals surface area (Å²) in [7, 11) is -1.96. The van der Waals surface area contributed by atoms with Crippen molar-refractivity contribution in [3.63, 3.8) is 0 Å². The zero-order valence-electron chi connectivity index (χ0n) is 16.4. The second kappa shape index (κ2) is 6.78. The average molecular weight is 433 g/mol. The van der Waals surface area contributed by atoms with Crippen LogP contribution in [0.25, 0.3) is 22.0 Å².